The van der Waals surface area contributed by atoms with Crippen molar-refractivity contribution >= 4 is 45.1 Å². The van der Waals surface area contributed by atoms with Crippen LogP contribution in [0.25, 0.3) is 10.1 Å². The van der Waals surface area contributed by atoms with Crippen LogP contribution in [-0.2, 0) is 14.4 Å². The van der Waals surface area contributed by atoms with Gasteiger partial charge >= 0.3 is 0 Å². The Bertz CT molecular complexity index is 979. The lowest BCUT2D eigenvalue weighted by atomic mass is 9.92. The molecule has 1 unspecified atom stereocenters. The van der Waals surface area contributed by atoms with E-state index in [-0.39, 0.29) is 49.1 Å². The summed E-state index contributed by atoms with van der Waals surface area (Å²) in [7, 11) is 0. The lowest BCUT2D eigenvalue weighted by Gasteiger charge is -2.38. The molecule has 3 heterocycles. The summed E-state index contributed by atoms with van der Waals surface area (Å²) in [6.07, 6.45) is 1.92. The smallest absolute Gasteiger partial charge is 0.261 e. The number of benzene rings is 1. The number of carbonyl (C=O) groups is 4. The van der Waals surface area contributed by atoms with Gasteiger partial charge in [-0.1, -0.05) is 18.2 Å². The van der Waals surface area contributed by atoms with E-state index >= 15 is 0 Å². The molecule has 30 heavy (non-hydrogen) atoms. The summed E-state index contributed by atoms with van der Waals surface area (Å²) in [6.45, 7) is 4.18. The summed E-state index contributed by atoms with van der Waals surface area (Å²) < 4.78 is 1.05. The number of hydrogen-bond donors (Lipinski definition) is 1. The Morgan fingerprint density at radius 3 is 2.57 bits per heavy atom. The van der Waals surface area contributed by atoms with Gasteiger partial charge in [0.25, 0.3) is 5.91 Å². The number of imide groups is 1. The molecule has 0 aliphatic carbocycles. The Hall–Kier alpha value is -2.74. The number of carbonyl (C=O) groups excluding carboxylic acids is 4. The highest BCUT2D eigenvalue weighted by molar-refractivity contribution is 7.20. The highest BCUT2D eigenvalue weighted by Crippen LogP contribution is 2.30. The molecule has 0 spiro atoms. The second kappa shape index (κ2) is 7.83. The predicted octanol–water partition coefficient (Wildman–Crippen LogP) is 2.55. The van der Waals surface area contributed by atoms with Gasteiger partial charge in [0.2, 0.25) is 17.7 Å². The van der Waals surface area contributed by atoms with Gasteiger partial charge in [-0.25, -0.2) is 0 Å². The molecule has 158 valence electrons. The number of fused-ring (bicyclic) bond motifs is 1. The maximum absolute atomic E-state index is 12.9. The molecule has 4 amide bonds. The van der Waals surface area contributed by atoms with Crippen LogP contribution in [0.15, 0.2) is 30.3 Å². The van der Waals surface area contributed by atoms with Crippen LogP contribution in [0, 0.1) is 0 Å². The molecule has 2 aromatic rings. The van der Waals surface area contributed by atoms with Gasteiger partial charge in [0.05, 0.1) is 16.5 Å². The first kappa shape index (κ1) is 20.5. The van der Waals surface area contributed by atoms with E-state index in [2.05, 4.69) is 5.32 Å². The van der Waals surface area contributed by atoms with Gasteiger partial charge in [0.1, 0.15) is 6.54 Å². The zero-order chi connectivity index (χ0) is 21.5. The minimum absolute atomic E-state index is 0.162. The number of nitrogens with zero attached hydrogens (tertiary/aromatic N) is 2. The van der Waals surface area contributed by atoms with E-state index in [0.717, 1.165) is 27.8 Å². The largest absolute Gasteiger partial charge is 0.344 e. The minimum Gasteiger partial charge on any atom is -0.344 e. The van der Waals surface area contributed by atoms with Crippen molar-refractivity contribution in [2.24, 2.45) is 0 Å². The van der Waals surface area contributed by atoms with E-state index in [4.69, 9.17) is 0 Å². The summed E-state index contributed by atoms with van der Waals surface area (Å²) in [5.41, 5.74) is -0.654. The molecule has 8 heteroatoms. The number of thiophene rings is 1. The van der Waals surface area contributed by atoms with Crippen molar-refractivity contribution in [1.82, 2.24) is 15.1 Å². The van der Waals surface area contributed by atoms with Crippen molar-refractivity contribution in [3.8, 4) is 0 Å². The van der Waals surface area contributed by atoms with Crippen molar-refractivity contribution in [3.63, 3.8) is 0 Å². The molecular weight excluding hydrogens is 402 g/mol. The van der Waals surface area contributed by atoms with E-state index in [1.807, 2.05) is 44.2 Å². The number of amides is 4. The first-order valence-electron chi connectivity index (χ1n) is 10.2. The number of likely N-dealkylation sites (tertiary alicyclic amines) is 2. The van der Waals surface area contributed by atoms with E-state index in [0.29, 0.717) is 11.4 Å². The van der Waals surface area contributed by atoms with E-state index in [9.17, 15) is 19.2 Å². The molecule has 2 saturated heterocycles. The molecule has 7 nitrogen and oxygen atoms in total. The molecule has 4 rings (SSSR count). The summed E-state index contributed by atoms with van der Waals surface area (Å²) in [5.74, 6) is -0.987. The highest BCUT2D eigenvalue weighted by atomic mass is 32.1. The fraction of sp³-hybridized carbons (Fsp3) is 0.455. The van der Waals surface area contributed by atoms with Gasteiger partial charge in [-0.3, -0.25) is 24.1 Å². The quantitative estimate of drug-likeness (QED) is 0.743. The van der Waals surface area contributed by atoms with E-state index < -0.39 is 5.54 Å². The maximum atomic E-state index is 12.9. The standard InChI is InChI=1S/C22H25N3O4S/c1-22(2,23-21(29)16-12-14-6-3-4-7-15(14)30-16)17-8-5-11-24(17)20(28)13-25-18(26)9-10-19(25)27/h3-4,6-7,12,17H,5,8-11,13H2,1-2H3,(H,23,29). The summed E-state index contributed by atoms with van der Waals surface area (Å²) in [4.78, 5) is 53.0. The fourth-order valence-corrected chi connectivity index (χ4v) is 5.33. The van der Waals surface area contributed by atoms with Crippen molar-refractivity contribution < 1.29 is 19.2 Å². The fourth-order valence-electron chi connectivity index (χ4n) is 4.37. The number of hydrogen-bond acceptors (Lipinski definition) is 5. The maximum Gasteiger partial charge on any atom is 0.261 e. The highest BCUT2D eigenvalue weighted by Gasteiger charge is 2.42. The lowest BCUT2D eigenvalue weighted by Crippen LogP contribution is -2.59. The van der Waals surface area contributed by atoms with Crippen LogP contribution in [0.5, 0.6) is 0 Å². The normalized spacial score (nSPS) is 19.7. The monoisotopic (exact) mass is 427 g/mol. The molecule has 1 aromatic heterocycles. The third-order valence-corrected chi connectivity index (χ3v) is 7.05. The van der Waals surface area contributed by atoms with Gasteiger partial charge < -0.3 is 10.2 Å². The van der Waals surface area contributed by atoms with Crippen molar-refractivity contribution in [2.45, 2.75) is 51.1 Å². The second-order valence-electron chi connectivity index (χ2n) is 8.44. The SMILES string of the molecule is CC(C)(NC(=O)c1cc2ccccc2s1)C1CCCN1C(=O)CN1C(=O)CCC1=O. The van der Waals surface area contributed by atoms with Crippen molar-refractivity contribution in [1.29, 1.82) is 0 Å². The van der Waals surface area contributed by atoms with Gasteiger partial charge in [0, 0.05) is 24.1 Å². The van der Waals surface area contributed by atoms with Crippen molar-refractivity contribution in [2.75, 3.05) is 13.1 Å². The topological polar surface area (TPSA) is 86.8 Å². The van der Waals surface area contributed by atoms with Crippen LogP contribution in [0.1, 0.15) is 49.2 Å². The minimum atomic E-state index is -0.654. The molecule has 0 saturated carbocycles. The van der Waals surface area contributed by atoms with Gasteiger partial charge in [0.15, 0.2) is 0 Å². The van der Waals surface area contributed by atoms with Gasteiger partial charge in [-0.05, 0) is 44.2 Å². The molecular formula is C22H25N3O4S. The molecule has 2 aliphatic rings. The molecule has 2 fully saturated rings. The number of rotatable bonds is 5. The molecule has 2 aliphatic heterocycles. The average Bonchev–Trinajstić information content (AvgIpc) is 3.42. The van der Waals surface area contributed by atoms with Crippen LogP contribution in [0.4, 0.5) is 0 Å². The number of nitrogens with one attached hydrogen (secondary N) is 1. The van der Waals surface area contributed by atoms with Gasteiger partial charge in [-0.15, -0.1) is 11.3 Å². The Morgan fingerprint density at radius 1 is 1.17 bits per heavy atom. The first-order chi connectivity index (χ1) is 14.3. The average molecular weight is 428 g/mol. The Kier molecular flexibility index (Phi) is 5.36. The molecule has 0 bridgehead atoms. The molecule has 1 atom stereocenters. The third kappa shape index (κ3) is 3.84. The Morgan fingerprint density at radius 2 is 1.87 bits per heavy atom. The van der Waals surface area contributed by atoms with Crippen LogP contribution in [-0.4, -0.2) is 58.1 Å². The Labute approximate surface area is 179 Å². The first-order valence-corrected chi connectivity index (χ1v) is 11.0. The van der Waals surface area contributed by atoms with Gasteiger partial charge in [-0.2, -0.15) is 0 Å². The zero-order valence-corrected chi connectivity index (χ0v) is 18.0. The van der Waals surface area contributed by atoms with Crippen LogP contribution >= 0.6 is 11.3 Å². The van der Waals surface area contributed by atoms with Crippen LogP contribution in [0.3, 0.4) is 0 Å². The zero-order valence-electron chi connectivity index (χ0n) is 17.1. The van der Waals surface area contributed by atoms with Crippen LogP contribution < -0.4 is 5.32 Å². The summed E-state index contributed by atoms with van der Waals surface area (Å²) >= 11 is 1.44. The third-order valence-electron chi connectivity index (χ3n) is 5.94. The molecule has 0 radical (unpaired) electrons. The van der Waals surface area contributed by atoms with Crippen molar-refractivity contribution in [3.05, 3.63) is 35.2 Å². The molecule has 1 aromatic carbocycles. The summed E-state index contributed by atoms with van der Waals surface area (Å²) in [5, 5.41) is 4.13. The van der Waals surface area contributed by atoms with Crippen LogP contribution in [0.2, 0.25) is 0 Å². The second-order valence-corrected chi connectivity index (χ2v) is 9.53. The molecule has 1 N–H and O–H groups in total. The summed E-state index contributed by atoms with van der Waals surface area (Å²) in [6, 6.07) is 9.54. The lowest BCUT2D eigenvalue weighted by molar-refractivity contribution is -0.146. The van der Waals surface area contributed by atoms with E-state index in [1.54, 1.807) is 4.90 Å². The Balaban J connectivity index is 1.46. The predicted molar refractivity (Wildman–Crippen MR) is 114 cm³/mol. The van der Waals surface area contributed by atoms with E-state index in [1.165, 1.54) is 11.3 Å².